The number of thioether (sulfide) groups is 1. The van der Waals surface area contributed by atoms with E-state index in [4.69, 9.17) is 4.74 Å². The fraction of sp³-hybridized carbons (Fsp3) is 0.174. The van der Waals surface area contributed by atoms with E-state index in [-0.39, 0.29) is 28.6 Å². The molecule has 2 N–H and O–H groups in total. The summed E-state index contributed by atoms with van der Waals surface area (Å²) < 4.78 is 46.4. The van der Waals surface area contributed by atoms with Crippen LogP contribution in [0.4, 0.5) is 24.8 Å². The molecule has 0 fully saturated rings. The number of methoxy groups -OCH3 is 1. The van der Waals surface area contributed by atoms with Gasteiger partial charge in [-0.3, -0.25) is 4.98 Å². The Labute approximate surface area is 207 Å². The molecule has 0 amide bonds. The van der Waals surface area contributed by atoms with Gasteiger partial charge in [0.05, 0.1) is 12.7 Å². The van der Waals surface area contributed by atoms with Crippen LogP contribution in [0.3, 0.4) is 0 Å². The fourth-order valence-corrected chi connectivity index (χ4v) is 3.82. The van der Waals surface area contributed by atoms with Gasteiger partial charge in [0, 0.05) is 52.1 Å². The monoisotopic (exact) mass is 516 g/mol. The SMILES string of the molecule is COc1cc(Nc2ncc(-c3cncc(C(=O)O)c3)c(-n3nc(C(F)(F)F)cc3C)n2)cc(SC)c1. The molecule has 4 aromatic rings. The van der Waals surface area contributed by atoms with Crippen molar-refractivity contribution < 1.29 is 27.8 Å². The molecule has 0 unspecified atom stereocenters. The second-order valence-corrected chi connectivity index (χ2v) is 8.38. The molecule has 9 nitrogen and oxygen atoms in total. The lowest BCUT2D eigenvalue weighted by Crippen LogP contribution is -2.11. The maximum atomic E-state index is 13.4. The fourth-order valence-electron chi connectivity index (χ4n) is 3.34. The number of hydrogen-bond acceptors (Lipinski definition) is 8. The number of carboxylic acid groups (broad SMARTS) is 1. The number of nitrogens with one attached hydrogen (secondary N) is 1. The summed E-state index contributed by atoms with van der Waals surface area (Å²) in [6.45, 7) is 1.46. The van der Waals surface area contributed by atoms with Gasteiger partial charge in [-0.15, -0.1) is 11.8 Å². The first kappa shape index (κ1) is 25.0. The Bertz CT molecular complexity index is 1420. The second kappa shape index (κ2) is 9.85. The van der Waals surface area contributed by atoms with Gasteiger partial charge in [-0.1, -0.05) is 0 Å². The number of halogens is 3. The quantitative estimate of drug-likeness (QED) is 0.319. The van der Waals surface area contributed by atoms with Crippen LogP contribution in [0.25, 0.3) is 16.9 Å². The molecular formula is C23H19F3N6O3S. The maximum Gasteiger partial charge on any atom is 0.435 e. The van der Waals surface area contributed by atoms with Crippen molar-refractivity contribution in [3.63, 3.8) is 0 Å². The number of anilines is 2. The Morgan fingerprint density at radius 3 is 2.56 bits per heavy atom. The van der Waals surface area contributed by atoms with E-state index in [0.29, 0.717) is 17.0 Å². The molecule has 0 aliphatic rings. The number of aryl methyl sites for hydroxylation is 1. The summed E-state index contributed by atoms with van der Waals surface area (Å²) in [6, 6.07) is 7.64. The van der Waals surface area contributed by atoms with Gasteiger partial charge >= 0.3 is 12.1 Å². The number of ether oxygens (including phenoxy) is 1. The van der Waals surface area contributed by atoms with Gasteiger partial charge in [0.1, 0.15) is 5.75 Å². The molecule has 36 heavy (non-hydrogen) atoms. The summed E-state index contributed by atoms with van der Waals surface area (Å²) in [4.78, 5) is 25.0. The largest absolute Gasteiger partial charge is 0.497 e. The number of aromatic nitrogens is 5. The number of aromatic carboxylic acids is 1. The molecule has 0 bridgehead atoms. The van der Waals surface area contributed by atoms with Crippen molar-refractivity contribution in [2.24, 2.45) is 0 Å². The van der Waals surface area contributed by atoms with Gasteiger partial charge in [-0.05, 0) is 37.4 Å². The van der Waals surface area contributed by atoms with Crippen LogP contribution in [0.2, 0.25) is 0 Å². The van der Waals surface area contributed by atoms with Crippen LogP contribution in [-0.4, -0.2) is 49.2 Å². The van der Waals surface area contributed by atoms with Crippen LogP contribution in [0.5, 0.6) is 5.75 Å². The third-order valence-electron chi connectivity index (χ3n) is 5.05. The highest BCUT2D eigenvalue weighted by Gasteiger charge is 2.35. The maximum absolute atomic E-state index is 13.4. The molecule has 4 rings (SSSR count). The molecule has 0 aliphatic heterocycles. The third-order valence-corrected chi connectivity index (χ3v) is 5.76. The molecule has 13 heteroatoms. The minimum absolute atomic E-state index is 0.0119. The van der Waals surface area contributed by atoms with E-state index in [9.17, 15) is 23.1 Å². The standard InChI is InChI=1S/C23H19F3N6O3S/c1-12-4-19(23(24,25)26)31-32(12)20-18(13-5-14(21(33)34)10-27-9-13)11-28-22(30-20)29-15-6-16(35-2)8-17(7-15)36-3/h4-11H,1-3H3,(H,33,34)(H,28,29,30). The van der Waals surface area contributed by atoms with Gasteiger partial charge in [0.25, 0.3) is 0 Å². The summed E-state index contributed by atoms with van der Waals surface area (Å²) in [5.74, 6) is -0.518. The number of pyridine rings is 1. The van der Waals surface area contributed by atoms with Crippen LogP contribution >= 0.6 is 11.8 Å². The van der Waals surface area contributed by atoms with E-state index < -0.39 is 17.8 Å². The molecule has 0 radical (unpaired) electrons. The van der Waals surface area contributed by atoms with E-state index in [2.05, 4.69) is 25.4 Å². The first-order valence-electron chi connectivity index (χ1n) is 10.3. The first-order chi connectivity index (χ1) is 17.1. The summed E-state index contributed by atoms with van der Waals surface area (Å²) >= 11 is 1.50. The number of benzene rings is 1. The number of carbonyl (C=O) groups is 1. The predicted molar refractivity (Wildman–Crippen MR) is 127 cm³/mol. The van der Waals surface area contributed by atoms with Crippen molar-refractivity contribution in [1.82, 2.24) is 24.7 Å². The average molecular weight is 517 g/mol. The summed E-state index contributed by atoms with van der Waals surface area (Å²) in [5, 5.41) is 16.1. The van der Waals surface area contributed by atoms with Crippen LogP contribution in [0, 0.1) is 6.92 Å². The van der Waals surface area contributed by atoms with Gasteiger partial charge in [0.15, 0.2) is 11.5 Å². The normalized spacial score (nSPS) is 11.4. The van der Waals surface area contributed by atoms with Crippen LogP contribution in [-0.2, 0) is 6.18 Å². The molecule has 186 valence electrons. The second-order valence-electron chi connectivity index (χ2n) is 7.51. The topological polar surface area (TPSA) is 115 Å². The number of hydrogen-bond donors (Lipinski definition) is 2. The van der Waals surface area contributed by atoms with Crippen molar-refractivity contribution >= 4 is 29.4 Å². The minimum Gasteiger partial charge on any atom is -0.497 e. The molecule has 0 spiro atoms. The zero-order valence-corrected chi connectivity index (χ0v) is 20.0. The van der Waals surface area contributed by atoms with Gasteiger partial charge < -0.3 is 15.2 Å². The lowest BCUT2D eigenvalue weighted by Gasteiger charge is -2.14. The van der Waals surface area contributed by atoms with Crippen LogP contribution < -0.4 is 10.1 Å². The Kier molecular flexibility index (Phi) is 6.84. The van der Waals surface area contributed by atoms with E-state index in [1.54, 1.807) is 6.07 Å². The summed E-state index contributed by atoms with van der Waals surface area (Å²) in [7, 11) is 1.53. The van der Waals surface area contributed by atoms with Gasteiger partial charge in [-0.2, -0.15) is 23.3 Å². The zero-order valence-electron chi connectivity index (χ0n) is 19.2. The average Bonchev–Trinajstić information content (AvgIpc) is 3.25. The lowest BCUT2D eigenvalue weighted by molar-refractivity contribution is -0.141. The van der Waals surface area contributed by atoms with E-state index in [1.807, 2.05) is 18.4 Å². The van der Waals surface area contributed by atoms with E-state index in [1.165, 1.54) is 44.3 Å². The summed E-state index contributed by atoms with van der Waals surface area (Å²) in [6.07, 6.45) is 1.15. The number of nitrogens with zero attached hydrogens (tertiary/aromatic N) is 5. The van der Waals surface area contributed by atoms with Crippen molar-refractivity contribution in [2.45, 2.75) is 18.0 Å². The smallest absolute Gasteiger partial charge is 0.435 e. The highest BCUT2D eigenvalue weighted by molar-refractivity contribution is 7.98. The van der Waals surface area contributed by atoms with Crippen molar-refractivity contribution in [3.8, 4) is 22.7 Å². The molecule has 0 saturated carbocycles. The third kappa shape index (κ3) is 5.25. The molecule has 0 atom stereocenters. The number of rotatable bonds is 7. The van der Waals surface area contributed by atoms with E-state index >= 15 is 0 Å². The number of carboxylic acids is 1. The molecule has 0 aliphatic carbocycles. The molecule has 0 saturated heterocycles. The summed E-state index contributed by atoms with van der Waals surface area (Å²) in [5.41, 5.74) is 0.114. The Morgan fingerprint density at radius 2 is 1.92 bits per heavy atom. The van der Waals surface area contributed by atoms with Gasteiger partial charge in [-0.25, -0.2) is 14.5 Å². The van der Waals surface area contributed by atoms with Crippen LogP contribution in [0.1, 0.15) is 21.7 Å². The van der Waals surface area contributed by atoms with E-state index in [0.717, 1.165) is 21.8 Å². The Morgan fingerprint density at radius 1 is 1.14 bits per heavy atom. The van der Waals surface area contributed by atoms with Crippen LogP contribution in [0.15, 0.2) is 53.8 Å². The Hall–Kier alpha value is -4.13. The number of alkyl halides is 3. The van der Waals surface area contributed by atoms with Gasteiger partial charge in [0.2, 0.25) is 5.95 Å². The highest BCUT2D eigenvalue weighted by Crippen LogP contribution is 2.33. The highest BCUT2D eigenvalue weighted by atomic mass is 32.2. The molecular weight excluding hydrogens is 497 g/mol. The lowest BCUT2D eigenvalue weighted by atomic mass is 10.1. The molecule has 3 heterocycles. The predicted octanol–water partition coefficient (Wildman–Crippen LogP) is 5.22. The molecule has 1 aromatic carbocycles. The zero-order chi connectivity index (χ0) is 26.0. The Balaban J connectivity index is 1.86. The van der Waals surface area contributed by atoms with Crippen molar-refractivity contribution in [2.75, 3.05) is 18.7 Å². The minimum atomic E-state index is -4.66. The van der Waals surface area contributed by atoms with Crippen molar-refractivity contribution in [1.29, 1.82) is 0 Å². The first-order valence-corrected chi connectivity index (χ1v) is 11.5. The molecule has 3 aromatic heterocycles. The van der Waals surface area contributed by atoms with Crippen molar-refractivity contribution in [3.05, 3.63) is 65.9 Å².